The van der Waals surface area contributed by atoms with Crippen molar-refractivity contribution in [2.75, 3.05) is 0 Å². The van der Waals surface area contributed by atoms with E-state index in [2.05, 4.69) is 4.98 Å². The molecule has 5 rings (SSSR count). The number of aromatic nitrogens is 1. The highest BCUT2D eigenvalue weighted by Gasteiger charge is 2.36. The van der Waals surface area contributed by atoms with Crippen LogP contribution >= 0.6 is 0 Å². The second-order valence-electron chi connectivity index (χ2n) is 7.62. The van der Waals surface area contributed by atoms with Gasteiger partial charge in [-0.15, -0.1) is 0 Å². The largest absolute Gasteiger partial charge is 0.439 e. The minimum Gasteiger partial charge on any atom is -0.439 e. The molecular formula is C25H14F3N3O3. The molecule has 3 heterocycles. The topological polar surface area (TPSA) is 102 Å². The van der Waals surface area contributed by atoms with Crippen molar-refractivity contribution in [1.82, 2.24) is 4.98 Å². The first-order valence-corrected chi connectivity index (χ1v) is 10.0. The number of benzene rings is 2. The lowest BCUT2D eigenvalue weighted by Gasteiger charge is -2.26. The van der Waals surface area contributed by atoms with Gasteiger partial charge in [-0.2, -0.15) is 18.4 Å². The van der Waals surface area contributed by atoms with Crippen LogP contribution in [0.5, 0.6) is 5.75 Å². The molecule has 34 heavy (non-hydrogen) atoms. The number of hydrogen-bond donors (Lipinski definition) is 1. The zero-order chi connectivity index (χ0) is 24.0. The Kier molecular flexibility index (Phi) is 4.87. The highest BCUT2D eigenvalue weighted by molar-refractivity contribution is 5.86. The van der Waals surface area contributed by atoms with E-state index in [1.807, 2.05) is 30.3 Å². The van der Waals surface area contributed by atoms with Crippen LogP contribution in [0.15, 0.2) is 87.7 Å². The molecule has 1 aliphatic rings. The van der Waals surface area contributed by atoms with E-state index in [0.717, 1.165) is 29.3 Å². The van der Waals surface area contributed by atoms with E-state index >= 15 is 0 Å². The van der Waals surface area contributed by atoms with Crippen LogP contribution in [0.25, 0.3) is 22.1 Å². The molecule has 2 aromatic carbocycles. The zero-order valence-corrected chi connectivity index (χ0v) is 17.3. The highest BCUT2D eigenvalue weighted by Crippen LogP contribution is 2.44. The Labute approximate surface area is 190 Å². The number of nitrogens with zero attached hydrogens (tertiary/aromatic N) is 2. The van der Waals surface area contributed by atoms with E-state index in [1.54, 1.807) is 24.5 Å². The number of nitrogens with two attached hydrogens (primary N) is 1. The van der Waals surface area contributed by atoms with Crippen molar-refractivity contribution in [3.8, 4) is 22.9 Å². The number of allylic oxidation sites excluding steroid dienone is 1. The number of nitriles is 1. The van der Waals surface area contributed by atoms with E-state index in [4.69, 9.17) is 14.9 Å². The van der Waals surface area contributed by atoms with Gasteiger partial charge in [-0.1, -0.05) is 24.3 Å². The van der Waals surface area contributed by atoms with Crippen molar-refractivity contribution < 1.29 is 22.3 Å². The highest BCUT2D eigenvalue weighted by atomic mass is 19.4. The maximum atomic E-state index is 13.1. The third-order valence-corrected chi connectivity index (χ3v) is 5.65. The summed E-state index contributed by atoms with van der Waals surface area (Å²) in [6.45, 7) is 0. The molecule has 1 atom stereocenters. The van der Waals surface area contributed by atoms with Gasteiger partial charge in [0.25, 0.3) is 0 Å². The number of ether oxygens (including phenoxy) is 1. The SMILES string of the molecule is N#CC1=C(N)Oc2c(c(=O)oc3cc(C(F)(F)F)ccc23)C1c1ccc(-c2ccncc2)cc1. The second-order valence-corrected chi connectivity index (χ2v) is 7.62. The standard InChI is InChI=1S/C25H14F3N3O3/c26-25(27,28)16-5-6-17-19(11-16)33-24(32)21-20(18(12-29)23(30)34-22(17)21)15-3-1-13(2-4-15)14-7-9-31-10-8-14/h1-11,20H,30H2. The number of pyridine rings is 1. The molecule has 0 saturated heterocycles. The Hall–Kier alpha value is -4.58. The van der Waals surface area contributed by atoms with Gasteiger partial charge in [-0.25, -0.2) is 4.79 Å². The molecule has 1 aliphatic heterocycles. The summed E-state index contributed by atoms with van der Waals surface area (Å²) in [5.41, 5.74) is 6.22. The number of hydrogen-bond acceptors (Lipinski definition) is 6. The molecule has 0 radical (unpaired) electrons. The summed E-state index contributed by atoms with van der Waals surface area (Å²) < 4.78 is 50.2. The predicted molar refractivity (Wildman–Crippen MR) is 116 cm³/mol. The van der Waals surface area contributed by atoms with Crippen LogP contribution in [0, 0.1) is 11.3 Å². The van der Waals surface area contributed by atoms with Crippen LogP contribution in [0.2, 0.25) is 0 Å². The summed E-state index contributed by atoms with van der Waals surface area (Å²) in [5.74, 6) is -1.17. The number of fused-ring (bicyclic) bond motifs is 3. The maximum Gasteiger partial charge on any atom is 0.416 e. The third kappa shape index (κ3) is 3.46. The molecule has 168 valence electrons. The molecule has 6 nitrogen and oxygen atoms in total. The molecule has 1 unspecified atom stereocenters. The van der Waals surface area contributed by atoms with Gasteiger partial charge in [0, 0.05) is 12.4 Å². The molecule has 2 aromatic heterocycles. The van der Waals surface area contributed by atoms with Crippen molar-refractivity contribution in [3.63, 3.8) is 0 Å². The Bertz CT molecular complexity index is 1550. The molecule has 4 aromatic rings. The summed E-state index contributed by atoms with van der Waals surface area (Å²) in [5, 5.41) is 9.89. The van der Waals surface area contributed by atoms with Gasteiger partial charge in [0.2, 0.25) is 5.88 Å². The monoisotopic (exact) mass is 461 g/mol. The number of rotatable bonds is 2. The average molecular weight is 461 g/mol. The number of halogens is 3. The van der Waals surface area contributed by atoms with E-state index in [0.29, 0.717) is 5.56 Å². The normalized spacial score (nSPS) is 15.5. The van der Waals surface area contributed by atoms with E-state index in [-0.39, 0.29) is 33.7 Å². The first-order chi connectivity index (χ1) is 16.3. The van der Waals surface area contributed by atoms with E-state index in [9.17, 15) is 23.2 Å². The lowest BCUT2D eigenvalue weighted by Crippen LogP contribution is -2.26. The Morgan fingerprint density at radius 3 is 2.32 bits per heavy atom. The average Bonchev–Trinajstić information content (AvgIpc) is 2.83. The van der Waals surface area contributed by atoms with Gasteiger partial charge in [0.15, 0.2) is 5.75 Å². The van der Waals surface area contributed by atoms with Gasteiger partial charge >= 0.3 is 11.8 Å². The Morgan fingerprint density at radius 1 is 1.00 bits per heavy atom. The minimum atomic E-state index is -4.62. The van der Waals surface area contributed by atoms with Crippen LogP contribution in [-0.4, -0.2) is 4.98 Å². The molecular weight excluding hydrogens is 447 g/mol. The van der Waals surface area contributed by atoms with Crippen molar-refractivity contribution >= 4 is 11.0 Å². The van der Waals surface area contributed by atoms with Crippen LogP contribution in [0.1, 0.15) is 22.6 Å². The Morgan fingerprint density at radius 2 is 1.68 bits per heavy atom. The Balaban J connectivity index is 1.69. The van der Waals surface area contributed by atoms with Gasteiger partial charge in [-0.3, -0.25) is 4.98 Å². The molecule has 0 aliphatic carbocycles. The summed E-state index contributed by atoms with van der Waals surface area (Å²) >= 11 is 0. The van der Waals surface area contributed by atoms with Crippen molar-refractivity contribution in [2.24, 2.45) is 5.73 Å². The minimum absolute atomic E-state index is 0.00252. The third-order valence-electron chi connectivity index (χ3n) is 5.65. The van der Waals surface area contributed by atoms with Crippen LogP contribution in [0.4, 0.5) is 13.2 Å². The van der Waals surface area contributed by atoms with Gasteiger partial charge < -0.3 is 14.9 Å². The van der Waals surface area contributed by atoms with E-state index in [1.165, 1.54) is 0 Å². The van der Waals surface area contributed by atoms with Crippen molar-refractivity contribution in [3.05, 3.63) is 106 Å². The molecule has 0 bridgehead atoms. The van der Waals surface area contributed by atoms with Crippen LogP contribution in [0.3, 0.4) is 0 Å². The zero-order valence-electron chi connectivity index (χ0n) is 17.3. The quantitative estimate of drug-likeness (QED) is 0.417. The lowest BCUT2D eigenvalue weighted by atomic mass is 9.83. The van der Waals surface area contributed by atoms with Gasteiger partial charge in [-0.05, 0) is 47.0 Å². The van der Waals surface area contributed by atoms with Crippen LogP contribution in [-0.2, 0) is 6.18 Å². The summed E-state index contributed by atoms with van der Waals surface area (Å²) in [6.07, 6.45) is -1.29. The molecule has 2 N–H and O–H groups in total. The fourth-order valence-corrected chi connectivity index (χ4v) is 4.04. The van der Waals surface area contributed by atoms with Gasteiger partial charge in [0.05, 0.1) is 22.4 Å². The molecule has 0 spiro atoms. The predicted octanol–water partition coefficient (Wildman–Crippen LogP) is 5.09. The summed E-state index contributed by atoms with van der Waals surface area (Å²) in [7, 11) is 0. The second kappa shape index (κ2) is 7.78. The molecule has 0 fully saturated rings. The lowest BCUT2D eigenvalue weighted by molar-refractivity contribution is -0.137. The fourth-order valence-electron chi connectivity index (χ4n) is 4.04. The molecule has 9 heteroatoms. The first kappa shape index (κ1) is 21.3. The van der Waals surface area contributed by atoms with E-state index < -0.39 is 23.3 Å². The molecule has 0 amide bonds. The van der Waals surface area contributed by atoms with Crippen molar-refractivity contribution in [1.29, 1.82) is 5.26 Å². The number of alkyl halides is 3. The summed E-state index contributed by atoms with van der Waals surface area (Å²) in [4.78, 5) is 17.0. The van der Waals surface area contributed by atoms with Gasteiger partial charge in [0.1, 0.15) is 17.2 Å². The summed E-state index contributed by atoms with van der Waals surface area (Å²) in [6, 6.07) is 15.6. The van der Waals surface area contributed by atoms with Crippen LogP contribution < -0.4 is 16.1 Å². The first-order valence-electron chi connectivity index (χ1n) is 10.0. The fraction of sp³-hybridized carbons (Fsp3) is 0.0800. The maximum absolute atomic E-state index is 13.1. The molecule has 0 saturated carbocycles. The smallest absolute Gasteiger partial charge is 0.416 e. The van der Waals surface area contributed by atoms with Crippen molar-refractivity contribution in [2.45, 2.75) is 12.1 Å².